The first-order valence-electron chi connectivity index (χ1n) is 8.11. The van der Waals surface area contributed by atoms with Crippen LogP contribution < -0.4 is 14.8 Å². The van der Waals surface area contributed by atoms with Gasteiger partial charge in [0.25, 0.3) is 5.91 Å². The van der Waals surface area contributed by atoms with Gasteiger partial charge in [-0.05, 0) is 56.7 Å². The average molecular weight is 366 g/mol. The van der Waals surface area contributed by atoms with E-state index in [0.29, 0.717) is 24.7 Å². The zero-order valence-corrected chi connectivity index (χ0v) is 15.2. The van der Waals surface area contributed by atoms with Crippen LogP contribution in [0.25, 0.3) is 0 Å². The molecule has 0 radical (unpaired) electrons. The van der Waals surface area contributed by atoms with Crippen molar-refractivity contribution in [1.82, 2.24) is 5.32 Å². The maximum absolute atomic E-state index is 13.9. The molecule has 2 aromatic rings. The number of halogens is 2. The van der Waals surface area contributed by atoms with Crippen molar-refractivity contribution in [1.29, 1.82) is 0 Å². The van der Waals surface area contributed by atoms with E-state index in [1.54, 1.807) is 6.07 Å². The van der Waals surface area contributed by atoms with Crippen LogP contribution in [0.4, 0.5) is 4.39 Å². The third kappa shape index (κ3) is 4.86. The largest absolute Gasteiger partial charge is 0.490 e. The zero-order chi connectivity index (χ0) is 18.4. The molecule has 1 unspecified atom stereocenters. The van der Waals surface area contributed by atoms with Gasteiger partial charge in [-0.15, -0.1) is 0 Å². The van der Waals surface area contributed by atoms with Crippen molar-refractivity contribution < 1.29 is 18.7 Å². The molecule has 4 nitrogen and oxygen atoms in total. The van der Waals surface area contributed by atoms with E-state index in [4.69, 9.17) is 21.1 Å². The minimum absolute atomic E-state index is 0.0489. The first-order chi connectivity index (χ1) is 12.0. The molecule has 1 amide bonds. The van der Waals surface area contributed by atoms with E-state index in [9.17, 15) is 9.18 Å². The highest BCUT2D eigenvalue weighted by Crippen LogP contribution is 2.31. The van der Waals surface area contributed by atoms with Gasteiger partial charge in [0, 0.05) is 5.02 Å². The fourth-order valence-corrected chi connectivity index (χ4v) is 2.53. The number of hydrogen-bond acceptors (Lipinski definition) is 3. The predicted octanol–water partition coefficient (Wildman–Crippen LogP) is 4.77. The van der Waals surface area contributed by atoms with Crippen LogP contribution in [0, 0.1) is 5.82 Å². The van der Waals surface area contributed by atoms with Crippen molar-refractivity contribution in [2.75, 3.05) is 13.2 Å². The lowest BCUT2D eigenvalue weighted by Gasteiger charge is -2.18. The second-order valence-electron chi connectivity index (χ2n) is 5.39. The lowest BCUT2D eigenvalue weighted by molar-refractivity contribution is 0.0935. The molecular formula is C19H21ClFNO3. The molecule has 25 heavy (non-hydrogen) atoms. The van der Waals surface area contributed by atoms with Crippen molar-refractivity contribution in [3.8, 4) is 11.5 Å². The molecule has 0 aliphatic heterocycles. The van der Waals surface area contributed by atoms with Crippen molar-refractivity contribution in [2.45, 2.75) is 26.8 Å². The Hall–Kier alpha value is -2.27. The third-order valence-electron chi connectivity index (χ3n) is 3.59. The monoisotopic (exact) mass is 365 g/mol. The lowest BCUT2D eigenvalue weighted by Crippen LogP contribution is -2.27. The number of carbonyl (C=O) groups excluding carboxylic acids is 1. The molecule has 0 aliphatic rings. The van der Waals surface area contributed by atoms with E-state index in [-0.39, 0.29) is 16.6 Å². The molecule has 134 valence electrons. The average Bonchev–Trinajstić information content (AvgIpc) is 2.56. The first-order valence-corrected chi connectivity index (χ1v) is 8.49. The highest BCUT2D eigenvalue weighted by Gasteiger charge is 2.17. The van der Waals surface area contributed by atoms with Gasteiger partial charge in [0.2, 0.25) is 0 Å². The van der Waals surface area contributed by atoms with Gasteiger partial charge in [0.1, 0.15) is 5.82 Å². The summed E-state index contributed by atoms with van der Waals surface area (Å²) in [6.45, 7) is 6.63. The number of amides is 1. The number of carbonyl (C=O) groups is 1. The Morgan fingerprint density at radius 2 is 1.80 bits per heavy atom. The summed E-state index contributed by atoms with van der Waals surface area (Å²) in [5.41, 5.74) is 0.779. The fourth-order valence-electron chi connectivity index (χ4n) is 2.37. The van der Waals surface area contributed by atoms with E-state index in [1.165, 1.54) is 12.1 Å². The number of ether oxygens (including phenoxy) is 2. The van der Waals surface area contributed by atoms with Crippen molar-refractivity contribution in [3.63, 3.8) is 0 Å². The molecule has 6 heteroatoms. The maximum atomic E-state index is 13.9. The molecule has 1 N–H and O–H groups in total. The molecular weight excluding hydrogens is 345 g/mol. The summed E-state index contributed by atoms with van der Waals surface area (Å²) in [6.07, 6.45) is 0. The molecule has 0 spiro atoms. The van der Waals surface area contributed by atoms with E-state index in [0.717, 1.165) is 11.6 Å². The Balaban J connectivity index is 2.18. The molecule has 0 aliphatic carbocycles. The zero-order valence-electron chi connectivity index (χ0n) is 14.4. The Labute approximate surface area is 151 Å². The Morgan fingerprint density at radius 3 is 2.44 bits per heavy atom. The van der Waals surface area contributed by atoms with Crippen LogP contribution in [0.1, 0.15) is 42.7 Å². The van der Waals surface area contributed by atoms with Crippen LogP contribution in [0.5, 0.6) is 11.5 Å². The van der Waals surface area contributed by atoms with Crippen LogP contribution >= 0.6 is 11.6 Å². The van der Waals surface area contributed by atoms with Crippen molar-refractivity contribution in [3.05, 3.63) is 58.4 Å². The summed E-state index contributed by atoms with van der Waals surface area (Å²) >= 11 is 5.71. The Morgan fingerprint density at radius 1 is 1.12 bits per heavy atom. The smallest absolute Gasteiger partial charge is 0.254 e. The van der Waals surface area contributed by atoms with Crippen LogP contribution in [-0.4, -0.2) is 19.1 Å². The highest BCUT2D eigenvalue weighted by molar-refractivity contribution is 6.30. The summed E-state index contributed by atoms with van der Waals surface area (Å²) in [6, 6.07) is 9.09. The summed E-state index contributed by atoms with van der Waals surface area (Å²) in [4.78, 5) is 12.3. The van der Waals surface area contributed by atoms with E-state index >= 15 is 0 Å². The molecule has 0 heterocycles. The second-order valence-corrected chi connectivity index (χ2v) is 5.83. The molecule has 0 aromatic heterocycles. The van der Waals surface area contributed by atoms with Crippen LogP contribution in [0.15, 0.2) is 36.4 Å². The second kappa shape index (κ2) is 8.72. The predicted molar refractivity (Wildman–Crippen MR) is 96.1 cm³/mol. The standard InChI is InChI=1S/C19H21ClFNO3/c1-4-24-17-9-6-13(10-18(17)25-5-2)12(3)22-19(23)15-8-7-14(20)11-16(15)21/h6-12H,4-5H2,1-3H3,(H,22,23). The van der Waals surface area contributed by atoms with E-state index < -0.39 is 11.7 Å². The third-order valence-corrected chi connectivity index (χ3v) is 3.83. The topological polar surface area (TPSA) is 47.6 Å². The van der Waals surface area contributed by atoms with E-state index in [1.807, 2.05) is 32.9 Å². The summed E-state index contributed by atoms with van der Waals surface area (Å²) in [5.74, 6) is 0.100. The Bertz CT molecular complexity index is 751. The fraction of sp³-hybridized carbons (Fsp3) is 0.316. The molecule has 0 fully saturated rings. The minimum atomic E-state index is -0.654. The van der Waals surface area contributed by atoms with Crippen molar-refractivity contribution in [2.24, 2.45) is 0 Å². The lowest BCUT2D eigenvalue weighted by atomic mass is 10.1. The molecule has 0 saturated carbocycles. The van der Waals surface area contributed by atoms with Gasteiger partial charge in [-0.2, -0.15) is 0 Å². The first kappa shape index (κ1) is 19.1. The number of nitrogens with one attached hydrogen (secondary N) is 1. The summed E-state index contributed by atoms with van der Waals surface area (Å²) in [7, 11) is 0. The molecule has 2 aromatic carbocycles. The maximum Gasteiger partial charge on any atom is 0.254 e. The summed E-state index contributed by atoms with van der Waals surface area (Å²) in [5, 5.41) is 3.02. The van der Waals surface area contributed by atoms with Crippen molar-refractivity contribution >= 4 is 17.5 Å². The van der Waals surface area contributed by atoms with Crippen LogP contribution in [0.2, 0.25) is 5.02 Å². The molecule has 0 saturated heterocycles. The van der Waals surface area contributed by atoms with Gasteiger partial charge in [0.15, 0.2) is 11.5 Å². The molecule has 2 rings (SSSR count). The molecule has 1 atom stereocenters. The minimum Gasteiger partial charge on any atom is -0.490 e. The van der Waals surface area contributed by atoms with Gasteiger partial charge in [-0.3, -0.25) is 4.79 Å². The number of benzene rings is 2. The van der Waals surface area contributed by atoms with Gasteiger partial charge in [-0.25, -0.2) is 4.39 Å². The van der Waals surface area contributed by atoms with Crippen LogP contribution in [0.3, 0.4) is 0 Å². The quantitative estimate of drug-likeness (QED) is 0.769. The molecule has 0 bridgehead atoms. The van der Waals surface area contributed by atoms with E-state index in [2.05, 4.69) is 5.32 Å². The number of hydrogen-bond donors (Lipinski definition) is 1. The van der Waals surface area contributed by atoms with Gasteiger partial charge < -0.3 is 14.8 Å². The normalized spacial score (nSPS) is 11.7. The Kier molecular flexibility index (Phi) is 6.65. The highest BCUT2D eigenvalue weighted by atomic mass is 35.5. The SMILES string of the molecule is CCOc1ccc(C(C)NC(=O)c2ccc(Cl)cc2F)cc1OCC. The number of rotatable bonds is 7. The summed E-state index contributed by atoms with van der Waals surface area (Å²) < 4.78 is 25.0. The van der Waals surface area contributed by atoms with Gasteiger partial charge in [0.05, 0.1) is 24.8 Å². The van der Waals surface area contributed by atoms with Crippen LogP contribution in [-0.2, 0) is 0 Å². The van der Waals surface area contributed by atoms with Gasteiger partial charge in [-0.1, -0.05) is 17.7 Å². The van der Waals surface area contributed by atoms with Gasteiger partial charge >= 0.3 is 0 Å².